The third kappa shape index (κ3) is 3.75. The van der Waals surface area contributed by atoms with Gasteiger partial charge in [-0.15, -0.1) is 0 Å². The van der Waals surface area contributed by atoms with E-state index in [9.17, 15) is 9.59 Å². The number of aromatic amines is 1. The lowest BCUT2D eigenvalue weighted by atomic mass is 10.0. The van der Waals surface area contributed by atoms with Gasteiger partial charge in [-0.05, 0) is 36.2 Å². The number of rotatable bonds is 5. The molecule has 0 saturated heterocycles. The van der Waals surface area contributed by atoms with E-state index in [4.69, 9.17) is 0 Å². The fraction of sp³-hybridized carbons (Fsp3) is 0.190. The Hall–Kier alpha value is -3.19. The van der Waals surface area contributed by atoms with Crippen LogP contribution in [0.3, 0.4) is 0 Å². The molecule has 4 aromatic rings. The lowest BCUT2D eigenvalue weighted by Gasteiger charge is -2.16. The first-order chi connectivity index (χ1) is 13.5. The van der Waals surface area contributed by atoms with E-state index >= 15 is 0 Å². The molecule has 0 radical (unpaired) electrons. The Kier molecular flexibility index (Phi) is 4.83. The Labute approximate surface area is 166 Å². The number of aryl methyl sites for hydroxylation is 1. The summed E-state index contributed by atoms with van der Waals surface area (Å²) in [4.78, 5) is 32.2. The van der Waals surface area contributed by atoms with Gasteiger partial charge in [-0.3, -0.25) is 9.59 Å². The molecule has 4 rings (SSSR count). The van der Waals surface area contributed by atoms with E-state index in [-0.39, 0.29) is 11.8 Å². The van der Waals surface area contributed by atoms with Gasteiger partial charge in [0, 0.05) is 30.4 Å². The van der Waals surface area contributed by atoms with Crippen LogP contribution in [0.5, 0.6) is 0 Å². The number of benzene rings is 2. The third-order valence-electron chi connectivity index (χ3n) is 4.57. The number of anilines is 1. The van der Waals surface area contributed by atoms with Crippen molar-refractivity contribution in [1.82, 2.24) is 15.3 Å². The van der Waals surface area contributed by atoms with Crippen LogP contribution >= 0.6 is 11.3 Å². The van der Waals surface area contributed by atoms with Crippen molar-refractivity contribution in [3.63, 3.8) is 0 Å². The van der Waals surface area contributed by atoms with Crippen LogP contribution in [-0.2, 0) is 16.0 Å². The molecule has 0 aliphatic heterocycles. The Balaban J connectivity index is 1.57. The van der Waals surface area contributed by atoms with Crippen molar-refractivity contribution in [3.05, 3.63) is 59.8 Å². The van der Waals surface area contributed by atoms with Crippen molar-refractivity contribution in [1.29, 1.82) is 0 Å². The van der Waals surface area contributed by atoms with Crippen LogP contribution < -0.4 is 10.6 Å². The van der Waals surface area contributed by atoms with Gasteiger partial charge < -0.3 is 15.6 Å². The number of para-hydroxylation sites is 1. The SMILES string of the molecule is CC(=O)N[C@@H](Cc1c[nH]c2ccccc12)C(=O)Nc1nc2ccc(C)cc2s1. The zero-order valence-electron chi connectivity index (χ0n) is 15.6. The maximum atomic E-state index is 12.9. The Morgan fingerprint density at radius 3 is 2.86 bits per heavy atom. The van der Waals surface area contributed by atoms with Gasteiger partial charge in [0.2, 0.25) is 11.8 Å². The van der Waals surface area contributed by atoms with Gasteiger partial charge in [0.15, 0.2) is 5.13 Å². The minimum atomic E-state index is -0.689. The van der Waals surface area contributed by atoms with E-state index in [1.807, 2.05) is 55.6 Å². The molecule has 0 aliphatic rings. The molecule has 2 aromatic carbocycles. The number of thiazole rings is 1. The maximum absolute atomic E-state index is 12.9. The molecular formula is C21H20N4O2S. The first-order valence-corrected chi connectivity index (χ1v) is 9.81. The third-order valence-corrected chi connectivity index (χ3v) is 5.50. The molecule has 0 unspecified atom stereocenters. The quantitative estimate of drug-likeness (QED) is 0.483. The van der Waals surface area contributed by atoms with Crippen LogP contribution in [0.4, 0.5) is 5.13 Å². The molecule has 0 fully saturated rings. The van der Waals surface area contributed by atoms with Crippen LogP contribution in [0, 0.1) is 6.92 Å². The second kappa shape index (κ2) is 7.44. The monoisotopic (exact) mass is 392 g/mol. The molecule has 2 heterocycles. The second-order valence-electron chi connectivity index (χ2n) is 6.80. The van der Waals surface area contributed by atoms with Gasteiger partial charge in [0.1, 0.15) is 6.04 Å². The van der Waals surface area contributed by atoms with Crippen LogP contribution in [-0.4, -0.2) is 27.8 Å². The minimum Gasteiger partial charge on any atom is -0.361 e. The number of fused-ring (bicyclic) bond motifs is 2. The summed E-state index contributed by atoms with van der Waals surface area (Å²) in [5.41, 5.74) is 3.97. The fourth-order valence-corrected chi connectivity index (χ4v) is 4.22. The number of nitrogens with one attached hydrogen (secondary N) is 3. The van der Waals surface area contributed by atoms with Crippen molar-refractivity contribution >= 4 is 49.4 Å². The molecule has 0 bridgehead atoms. The predicted octanol–water partition coefficient (Wildman–Crippen LogP) is 3.77. The normalized spacial score (nSPS) is 12.2. The van der Waals surface area contributed by atoms with Crippen molar-refractivity contribution in [2.75, 3.05) is 5.32 Å². The van der Waals surface area contributed by atoms with Gasteiger partial charge in [0.25, 0.3) is 0 Å². The molecular weight excluding hydrogens is 372 g/mol. The number of aromatic nitrogens is 2. The van der Waals surface area contributed by atoms with E-state index in [1.165, 1.54) is 18.3 Å². The van der Waals surface area contributed by atoms with Crippen LogP contribution in [0.25, 0.3) is 21.1 Å². The van der Waals surface area contributed by atoms with Gasteiger partial charge in [-0.2, -0.15) is 0 Å². The van der Waals surface area contributed by atoms with Crippen molar-refractivity contribution in [2.45, 2.75) is 26.3 Å². The highest BCUT2D eigenvalue weighted by Gasteiger charge is 2.22. The Morgan fingerprint density at radius 2 is 2.04 bits per heavy atom. The van der Waals surface area contributed by atoms with Crippen LogP contribution in [0.2, 0.25) is 0 Å². The zero-order chi connectivity index (χ0) is 19.7. The van der Waals surface area contributed by atoms with E-state index in [1.54, 1.807) is 0 Å². The molecule has 2 aromatic heterocycles. The first-order valence-electron chi connectivity index (χ1n) is 9.00. The van der Waals surface area contributed by atoms with Crippen molar-refractivity contribution in [2.24, 2.45) is 0 Å². The average Bonchev–Trinajstić information content (AvgIpc) is 3.24. The average molecular weight is 392 g/mol. The molecule has 28 heavy (non-hydrogen) atoms. The lowest BCUT2D eigenvalue weighted by Crippen LogP contribution is -2.44. The molecule has 0 aliphatic carbocycles. The summed E-state index contributed by atoms with van der Waals surface area (Å²) in [7, 11) is 0. The summed E-state index contributed by atoms with van der Waals surface area (Å²) >= 11 is 1.42. The highest BCUT2D eigenvalue weighted by atomic mass is 32.1. The van der Waals surface area contributed by atoms with E-state index in [0.29, 0.717) is 11.6 Å². The summed E-state index contributed by atoms with van der Waals surface area (Å²) in [5.74, 6) is -0.531. The molecule has 3 N–H and O–H groups in total. The Morgan fingerprint density at radius 1 is 1.21 bits per heavy atom. The number of carbonyl (C=O) groups excluding carboxylic acids is 2. The smallest absolute Gasteiger partial charge is 0.249 e. The molecule has 0 saturated carbocycles. The summed E-state index contributed by atoms with van der Waals surface area (Å²) < 4.78 is 1.02. The van der Waals surface area contributed by atoms with Gasteiger partial charge in [0.05, 0.1) is 10.2 Å². The number of hydrogen-bond acceptors (Lipinski definition) is 4. The lowest BCUT2D eigenvalue weighted by molar-refractivity contribution is -0.125. The molecule has 142 valence electrons. The molecule has 1 atom stereocenters. The summed E-state index contributed by atoms with van der Waals surface area (Å²) in [5, 5.41) is 7.19. The first kappa shape index (κ1) is 18.2. The number of nitrogens with zero attached hydrogens (tertiary/aromatic N) is 1. The number of amides is 2. The number of H-pyrrole nitrogens is 1. The highest BCUT2D eigenvalue weighted by Crippen LogP contribution is 2.27. The van der Waals surface area contributed by atoms with Gasteiger partial charge in [-0.1, -0.05) is 35.6 Å². The van der Waals surface area contributed by atoms with E-state index < -0.39 is 6.04 Å². The zero-order valence-corrected chi connectivity index (χ0v) is 16.4. The van der Waals surface area contributed by atoms with Crippen molar-refractivity contribution in [3.8, 4) is 0 Å². The largest absolute Gasteiger partial charge is 0.361 e. The molecule has 2 amide bonds. The maximum Gasteiger partial charge on any atom is 0.249 e. The molecule has 6 nitrogen and oxygen atoms in total. The van der Waals surface area contributed by atoms with Crippen molar-refractivity contribution < 1.29 is 9.59 Å². The minimum absolute atomic E-state index is 0.250. The van der Waals surface area contributed by atoms with E-state index in [0.717, 1.165) is 32.2 Å². The van der Waals surface area contributed by atoms with Gasteiger partial charge in [-0.25, -0.2) is 4.98 Å². The summed E-state index contributed by atoms with van der Waals surface area (Å²) in [6, 6.07) is 13.2. The second-order valence-corrected chi connectivity index (χ2v) is 7.83. The highest BCUT2D eigenvalue weighted by molar-refractivity contribution is 7.22. The molecule has 0 spiro atoms. The molecule has 7 heteroatoms. The topological polar surface area (TPSA) is 86.9 Å². The summed E-state index contributed by atoms with van der Waals surface area (Å²) in [6.07, 6.45) is 2.27. The van der Waals surface area contributed by atoms with E-state index in [2.05, 4.69) is 20.6 Å². The standard InChI is InChI=1S/C21H20N4O2S/c1-12-7-8-17-19(9-12)28-21(24-17)25-20(27)18(23-13(2)26)10-14-11-22-16-6-4-3-5-15(14)16/h3-9,11,18,22H,10H2,1-2H3,(H,23,26)(H,24,25,27)/t18-/m0/s1. The fourth-order valence-electron chi connectivity index (χ4n) is 3.25. The Bertz CT molecular complexity index is 1180. The summed E-state index contributed by atoms with van der Waals surface area (Å²) in [6.45, 7) is 3.43. The van der Waals surface area contributed by atoms with Crippen LogP contribution in [0.1, 0.15) is 18.1 Å². The number of carbonyl (C=O) groups is 2. The van der Waals surface area contributed by atoms with Gasteiger partial charge >= 0.3 is 0 Å². The van der Waals surface area contributed by atoms with Crippen LogP contribution in [0.15, 0.2) is 48.7 Å². The number of hydrogen-bond donors (Lipinski definition) is 3. The predicted molar refractivity (Wildman–Crippen MR) is 113 cm³/mol.